The topological polar surface area (TPSA) is 48.9 Å². The van der Waals surface area contributed by atoms with E-state index in [-0.39, 0.29) is 0 Å². The van der Waals surface area contributed by atoms with Crippen molar-refractivity contribution in [3.63, 3.8) is 0 Å². The zero-order valence-corrected chi connectivity index (χ0v) is 11.3. The van der Waals surface area contributed by atoms with E-state index < -0.39 is 6.10 Å². The fourth-order valence-electron chi connectivity index (χ4n) is 2.10. The first-order chi connectivity index (χ1) is 9.18. The van der Waals surface area contributed by atoms with Gasteiger partial charge in [-0.15, -0.1) is 0 Å². The molecule has 1 atom stereocenters. The van der Waals surface area contributed by atoms with Crippen molar-refractivity contribution in [2.24, 2.45) is 0 Å². The van der Waals surface area contributed by atoms with Gasteiger partial charge in [-0.2, -0.15) is 5.10 Å². The van der Waals surface area contributed by atoms with E-state index in [1.54, 1.807) is 18.2 Å². The van der Waals surface area contributed by atoms with Crippen LogP contribution in [0.25, 0.3) is 10.9 Å². The molecular formula is C14H10Cl2N2O. The number of H-pyrrole nitrogens is 1. The van der Waals surface area contributed by atoms with Crippen molar-refractivity contribution in [3.05, 3.63) is 63.8 Å². The lowest BCUT2D eigenvalue weighted by Crippen LogP contribution is -2.02. The van der Waals surface area contributed by atoms with E-state index in [9.17, 15) is 5.11 Å². The predicted octanol–water partition coefficient (Wildman–Crippen LogP) is 3.95. The van der Waals surface area contributed by atoms with Crippen LogP contribution in [0.4, 0.5) is 0 Å². The molecular weight excluding hydrogens is 283 g/mol. The van der Waals surface area contributed by atoms with Crippen molar-refractivity contribution in [3.8, 4) is 0 Å². The summed E-state index contributed by atoms with van der Waals surface area (Å²) >= 11 is 12.2. The van der Waals surface area contributed by atoms with E-state index in [0.717, 1.165) is 10.9 Å². The highest BCUT2D eigenvalue weighted by atomic mass is 35.5. The molecule has 1 aromatic heterocycles. The summed E-state index contributed by atoms with van der Waals surface area (Å²) in [6, 6.07) is 12.7. The Balaban J connectivity index is 2.16. The third-order valence-electron chi connectivity index (χ3n) is 3.04. The van der Waals surface area contributed by atoms with Crippen molar-refractivity contribution in [2.45, 2.75) is 6.10 Å². The van der Waals surface area contributed by atoms with Gasteiger partial charge in [-0.1, -0.05) is 47.5 Å². The van der Waals surface area contributed by atoms with Crippen LogP contribution in [0.15, 0.2) is 42.5 Å². The zero-order valence-electron chi connectivity index (χ0n) is 9.77. The average molecular weight is 293 g/mol. The second-order valence-electron chi connectivity index (χ2n) is 4.19. The fourth-order valence-corrected chi connectivity index (χ4v) is 2.71. The molecule has 0 fully saturated rings. The minimum atomic E-state index is -0.936. The third-order valence-corrected chi connectivity index (χ3v) is 3.70. The van der Waals surface area contributed by atoms with E-state index in [2.05, 4.69) is 10.2 Å². The first-order valence-electron chi connectivity index (χ1n) is 5.73. The summed E-state index contributed by atoms with van der Waals surface area (Å²) in [6.07, 6.45) is -0.936. The van der Waals surface area contributed by atoms with Gasteiger partial charge in [-0.25, -0.2) is 0 Å². The molecule has 1 heterocycles. The highest BCUT2D eigenvalue weighted by Gasteiger charge is 2.21. The molecule has 0 aliphatic carbocycles. The highest BCUT2D eigenvalue weighted by Crippen LogP contribution is 2.35. The van der Waals surface area contributed by atoms with Gasteiger partial charge in [0.05, 0.1) is 11.2 Å². The summed E-state index contributed by atoms with van der Waals surface area (Å²) in [5, 5.41) is 19.2. The second kappa shape index (κ2) is 4.85. The highest BCUT2D eigenvalue weighted by molar-refractivity contribution is 6.36. The molecule has 0 radical (unpaired) electrons. The number of benzene rings is 2. The maximum atomic E-state index is 10.5. The van der Waals surface area contributed by atoms with Crippen molar-refractivity contribution >= 4 is 34.1 Å². The molecule has 2 aromatic carbocycles. The van der Waals surface area contributed by atoms with Gasteiger partial charge in [0.15, 0.2) is 0 Å². The monoisotopic (exact) mass is 292 g/mol. The number of fused-ring (bicyclic) bond motifs is 1. The minimum Gasteiger partial charge on any atom is -0.382 e. The quantitative estimate of drug-likeness (QED) is 0.751. The maximum Gasteiger partial charge on any atom is 0.124 e. The zero-order chi connectivity index (χ0) is 13.4. The number of aliphatic hydroxyl groups excluding tert-OH is 1. The Labute approximate surface area is 119 Å². The molecule has 3 nitrogen and oxygen atoms in total. The van der Waals surface area contributed by atoms with Crippen LogP contribution in [-0.2, 0) is 0 Å². The molecule has 0 bridgehead atoms. The van der Waals surface area contributed by atoms with Crippen LogP contribution in [-0.4, -0.2) is 15.3 Å². The number of aromatic amines is 1. The number of halogens is 2. The van der Waals surface area contributed by atoms with Crippen LogP contribution < -0.4 is 0 Å². The summed E-state index contributed by atoms with van der Waals surface area (Å²) < 4.78 is 0. The molecule has 96 valence electrons. The van der Waals surface area contributed by atoms with Crippen molar-refractivity contribution in [1.82, 2.24) is 10.2 Å². The van der Waals surface area contributed by atoms with Crippen LogP contribution in [0.2, 0.25) is 10.0 Å². The van der Waals surface area contributed by atoms with Crippen LogP contribution >= 0.6 is 23.2 Å². The number of hydrogen-bond donors (Lipinski definition) is 2. The first kappa shape index (κ1) is 12.5. The van der Waals surface area contributed by atoms with Crippen LogP contribution in [0.1, 0.15) is 17.4 Å². The average Bonchev–Trinajstić information content (AvgIpc) is 2.82. The molecule has 0 saturated heterocycles. The van der Waals surface area contributed by atoms with Crippen LogP contribution in [0.5, 0.6) is 0 Å². The molecule has 5 heteroatoms. The van der Waals surface area contributed by atoms with Gasteiger partial charge in [0.1, 0.15) is 6.10 Å². The normalized spacial score (nSPS) is 12.8. The Bertz CT molecular complexity index is 719. The van der Waals surface area contributed by atoms with Crippen LogP contribution in [0, 0.1) is 0 Å². The number of rotatable bonds is 2. The third kappa shape index (κ3) is 2.10. The smallest absolute Gasteiger partial charge is 0.124 e. The van der Waals surface area contributed by atoms with Gasteiger partial charge in [0, 0.05) is 21.0 Å². The summed E-state index contributed by atoms with van der Waals surface area (Å²) in [4.78, 5) is 0. The van der Waals surface area contributed by atoms with E-state index in [4.69, 9.17) is 23.2 Å². The van der Waals surface area contributed by atoms with Gasteiger partial charge in [0.25, 0.3) is 0 Å². The number of para-hydroxylation sites is 1. The Morgan fingerprint density at radius 1 is 1.00 bits per heavy atom. The van der Waals surface area contributed by atoms with E-state index in [0.29, 0.717) is 21.3 Å². The maximum absolute atomic E-state index is 10.5. The molecule has 0 aliphatic rings. The number of nitrogens with one attached hydrogen (secondary N) is 1. The van der Waals surface area contributed by atoms with Gasteiger partial charge in [-0.05, 0) is 18.2 Å². The number of aliphatic hydroxyl groups is 1. The van der Waals surface area contributed by atoms with E-state index in [1.807, 2.05) is 24.3 Å². The fraction of sp³-hybridized carbons (Fsp3) is 0.0714. The number of aromatic nitrogens is 2. The summed E-state index contributed by atoms with van der Waals surface area (Å²) in [5.74, 6) is 0. The van der Waals surface area contributed by atoms with Gasteiger partial charge in [-0.3, -0.25) is 5.10 Å². The lowest BCUT2D eigenvalue weighted by atomic mass is 10.0. The Morgan fingerprint density at radius 3 is 2.42 bits per heavy atom. The van der Waals surface area contributed by atoms with E-state index >= 15 is 0 Å². The van der Waals surface area contributed by atoms with Crippen molar-refractivity contribution in [2.75, 3.05) is 0 Å². The molecule has 1 unspecified atom stereocenters. The lowest BCUT2D eigenvalue weighted by molar-refractivity contribution is 0.217. The minimum absolute atomic E-state index is 0.429. The molecule has 2 N–H and O–H groups in total. The van der Waals surface area contributed by atoms with E-state index in [1.165, 1.54) is 0 Å². The second-order valence-corrected chi connectivity index (χ2v) is 5.01. The predicted molar refractivity (Wildman–Crippen MR) is 76.6 cm³/mol. The first-order valence-corrected chi connectivity index (χ1v) is 6.49. The van der Waals surface area contributed by atoms with Crippen molar-refractivity contribution < 1.29 is 5.11 Å². The molecule has 0 aliphatic heterocycles. The molecule has 3 rings (SSSR count). The summed E-state index contributed by atoms with van der Waals surface area (Å²) in [7, 11) is 0. The SMILES string of the molecule is OC(c1c(Cl)cccc1Cl)c1[nH]nc2ccccc12. The largest absolute Gasteiger partial charge is 0.382 e. The molecule has 19 heavy (non-hydrogen) atoms. The van der Waals surface area contributed by atoms with Crippen molar-refractivity contribution in [1.29, 1.82) is 0 Å². The summed E-state index contributed by atoms with van der Waals surface area (Å²) in [6.45, 7) is 0. The molecule has 0 spiro atoms. The number of hydrogen-bond acceptors (Lipinski definition) is 2. The lowest BCUT2D eigenvalue weighted by Gasteiger charge is -2.13. The molecule has 3 aromatic rings. The standard InChI is InChI=1S/C14H10Cl2N2O/c15-9-5-3-6-10(16)12(9)14(19)13-8-4-1-2-7-11(8)17-18-13/h1-7,14,19H,(H,17,18). The Hall–Kier alpha value is -1.55. The molecule has 0 amide bonds. The molecule has 0 saturated carbocycles. The van der Waals surface area contributed by atoms with Gasteiger partial charge in [0.2, 0.25) is 0 Å². The van der Waals surface area contributed by atoms with Gasteiger partial charge >= 0.3 is 0 Å². The van der Waals surface area contributed by atoms with Gasteiger partial charge < -0.3 is 5.11 Å². The summed E-state index contributed by atoms with van der Waals surface area (Å²) in [5.41, 5.74) is 1.87. The van der Waals surface area contributed by atoms with Crippen LogP contribution in [0.3, 0.4) is 0 Å². The Morgan fingerprint density at radius 2 is 1.68 bits per heavy atom. The Kier molecular flexibility index (Phi) is 3.19. The number of nitrogens with zero attached hydrogens (tertiary/aromatic N) is 1.